The summed E-state index contributed by atoms with van der Waals surface area (Å²) in [7, 11) is 0. The van der Waals surface area contributed by atoms with Crippen molar-refractivity contribution in [1.29, 1.82) is 5.26 Å². The van der Waals surface area contributed by atoms with E-state index in [4.69, 9.17) is 5.26 Å². The van der Waals surface area contributed by atoms with E-state index in [9.17, 15) is 0 Å². The smallest absolute Gasteiger partial charge is 0.0621 e. The average molecular weight is 360 g/mol. The van der Waals surface area contributed by atoms with E-state index in [-0.39, 0.29) is 0 Å². The molecule has 0 spiro atoms. The third kappa shape index (κ3) is 6.90. The lowest BCUT2D eigenvalue weighted by Crippen LogP contribution is -2.32. The number of unbranched alkanes of at least 4 members (excludes halogenated alkanes) is 4. The van der Waals surface area contributed by atoms with Gasteiger partial charge in [-0.3, -0.25) is 0 Å². The van der Waals surface area contributed by atoms with Crippen LogP contribution >= 0.6 is 0 Å². The van der Waals surface area contributed by atoms with Crippen LogP contribution < -0.4 is 0 Å². The van der Waals surface area contributed by atoms with Gasteiger partial charge in [-0.05, 0) is 74.5 Å². The van der Waals surface area contributed by atoms with Crippen LogP contribution in [0.15, 0.2) is 0 Å². The fourth-order valence-electron chi connectivity index (χ4n) is 6.05. The molecule has 0 saturated heterocycles. The first-order valence-corrected chi connectivity index (χ1v) is 12.1. The lowest BCUT2D eigenvalue weighted by molar-refractivity contribution is 0.0772. The highest BCUT2D eigenvalue weighted by Crippen LogP contribution is 2.50. The van der Waals surface area contributed by atoms with Gasteiger partial charge in [0.05, 0.1) is 6.07 Å². The lowest BCUT2D eigenvalue weighted by atomic mass is 9.61. The van der Waals surface area contributed by atoms with Crippen LogP contribution in [-0.2, 0) is 0 Å². The molecule has 0 aromatic carbocycles. The van der Waals surface area contributed by atoms with Crippen molar-refractivity contribution in [3.63, 3.8) is 0 Å². The minimum absolute atomic E-state index is 0.527. The minimum atomic E-state index is 0.527. The molecule has 0 N–H and O–H groups in total. The van der Waals surface area contributed by atoms with E-state index in [0.29, 0.717) is 5.41 Å². The van der Waals surface area contributed by atoms with E-state index in [0.717, 1.165) is 24.2 Å². The summed E-state index contributed by atoms with van der Waals surface area (Å²) in [4.78, 5) is 0. The fraction of sp³-hybridized carbons (Fsp3) is 0.960. The van der Waals surface area contributed by atoms with Crippen molar-refractivity contribution in [2.24, 2.45) is 23.2 Å². The summed E-state index contributed by atoms with van der Waals surface area (Å²) < 4.78 is 0. The zero-order valence-corrected chi connectivity index (χ0v) is 17.9. The molecular weight excluding hydrogens is 314 g/mol. The largest absolute Gasteiger partial charge is 0.198 e. The first-order valence-electron chi connectivity index (χ1n) is 12.1. The molecule has 2 rings (SSSR count). The van der Waals surface area contributed by atoms with Gasteiger partial charge in [0.15, 0.2) is 0 Å². The molecule has 0 aromatic rings. The van der Waals surface area contributed by atoms with Crippen LogP contribution in [0.2, 0.25) is 0 Å². The van der Waals surface area contributed by atoms with Gasteiger partial charge in [-0.1, -0.05) is 71.6 Å². The molecule has 0 radical (unpaired) electrons. The van der Waals surface area contributed by atoms with Crippen molar-refractivity contribution in [3.8, 4) is 6.07 Å². The standard InChI is InChI=1S/C25H45N/c1-3-5-7-10-22-11-13-23(14-12-22)24-15-19-25(20-16-24,18-9-21-26)17-8-6-4-2/h22-24H,3-20H2,1-2H3. The topological polar surface area (TPSA) is 23.8 Å². The molecule has 2 saturated carbocycles. The van der Waals surface area contributed by atoms with Crippen LogP contribution in [0.5, 0.6) is 0 Å². The molecule has 2 aliphatic rings. The molecule has 0 amide bonds. The Bertz CT molecular complexity index is 391. The molecule has 0 bridgehead atoms. The van der Waals surface area contributed by atoms with Gasteiger partial charge in [-0.25, -0.2) is 0 Å². The normalized spacial score (nSPS) is 32.3. The van der Waals surface area contributed by atoms with Gasteiger partial charge >= 0.3 is 0 Å². The summed E-state index contributed by atoms with van der Waals surface area (Å²) in [5, 5.41) is 9.09. The minimum Gasteiger partial charge on any atom is -0.198 e. The van der Waals surface area contributed by atoms with Crippen molar-refractivity contribution >= 4 is 0 Å². The first-order chi connectivity index (χ1) is 12.7. The van der Waals surface area contributed by atoms with Gasteiger partial charge in [-0.2, -0.15) is 5.26 Å². The second kappa shape index (κ2) is 12.0. The molecule has 0 aromatic heterocycles. The maximum atomic E-state index is 9.09. The lowest BCUT2D eigenvalue weighted by Gasteiger charge is -2.44. The van der Waals surface area contributed by atoms with Crippen molar-refractivity contribution in [3.05, 3.63) is 0 Å². The predicted molar refractivity (Wildman–Crippen MR) is 113 cm³/mol. The van der Waals surface area contributed by atoms with Crippen LogP contribution in [0.25, 0.3) is 0 Å². The Hall–Kier alpha value is -0.510. The Labute approximate surface area is 164 Å². The second-order valence-corrected chi connectivity index (χ2v) is 9.73. The third-order valence-corrected chi connectivity index (χ3v) is 7.94. The highest BCUT2D eigenvalue weighted by molar-refractivity contribution is 4.91. The molecule has 0 heterocycles. The zero-order chi connectivity index (χ0) is 18.7. The van der Waals surface area contributed by atoms with Crippen LogP contribution in [0, 0.1) is 34.5 Å². The second-order valence-electron chi connectivity index (χ2n) is 9.73. The highest BCUT2D eigenvalue weighted by Gasteiger charge is 2.37. The van der Waals surface area contributed by atoms with Crippen molar-refractivity contribution < 1.29 is 0 Å². The van der Waals surface area contributed by atoms with Gasteiger partial charge in [0, 0.05) is 6.42 Å². The third-order valence-electron chi connectivity index (χ3n) is 7.94. The quantitative estimate of drug-likeness (QED) is 0.339. The van der Waals surface area contributed by atoms with E-state index >= 15 is 0 Å². The average Bonchev–Trinajstić information content (AvgIpc) is 2.68. The summed E-state index contributed by atoms with van der Waals surface area (Å²) in [5.41, 5.74) is 0.527. The molecule has 0 unspecified atom stereocenters. The van der Waals surface area contributed by atoms with Gasteiger partial charge in [0.25, 0.3) is 0 Å². The SMILES string of the molecule is CCCCCC1CCC(C2CCC(CCC#N)(CCCCC)CC2)CC1. The maximum absolute atomic E-state index is 9.09. The molecule has 26 heavy (non-hydrogen) atoms. The van der Waals surface area contributed by atoms with Gasteiger partial charge in [0.2, 0.25) is 0 Å². The molecule has 1 nitrogen and oxygen atoms in total. The van der Waals surface area contributed by atoms with Crippen LogP contribution in [0.4, 0.5) is 0 Å². The molecule has 0 aliphatic heterocycles. The summed E-state index contributed by atoms with van der Waals surface area (Å²) >= 11 is 0. The van der Waals surface area contributed by atoms with Crippen molar-refractivity contribution in [2.45, 2.75) is 129 Å². The van der Waals surface area contributed by atoms with E-state index < -0.39 is 0 Å². The molecule has 1 heteroatoms. The molecular formula is C25H45N. The summed E-state index contributed by atoms with van der Waals surface area (Å²) in [6.07, 6.45) is 25.0. The van der Waals surface area contributed by atoms with E-state index in [2.05, 4.69) is 19.9 Å². The van der Waals surface area contributed by atoms with Crippen LogP contribution in [0.3, 0.4) is 0 Å². The number of hydrogen-bond acceptors (Lipinski definition) is 1. The van der Waals surface area contributed by atoms with Crippen LogP contribution in [-0.4, -0.2) is 0 Å². The first kappa shape index (κ1) is 21.8. The summed E-state index contributed by atoms with van der Waals surface area (Å²) in [6, 6.07) is 2.43. The van der Waals surface area contributed by atoms with Gasteiger partial charge in [-0.15, -0.1) is 0 Å². The Balaban J connectivity index is 1.74. The van der Waals surface area contributed by atoms with E-state index in [1.165, 1.54) is 109 Å². The fourth-order valence-corrected chi connectivity index (χ4v) is 6.05. The Kier molecular flexibility index (Phi) is 10.1. The summed E-state index contributed by atoms with van der Waals surface area (Å²) in [5.74, 6) is 3.08. The number of nitriles is 1. The summed E-state index contributed by atoms with van der Waals surface area (Å²) in [6.45, 7) is 4.62. The maximum Gasteiger partial charge on any atom is 0.0621 e. The predicted octanol–water partition coefficient (Wildman–Crippen LogP) is 8.43. The number of rotatable bonds is 11. The number of hydrogen-bond donors (Lipinski definition) is 0. The Morgan fingerprint density at radius 3 is 2.00 bits per heavy atom. The molecule has 2 aliphatic carbocycles. The van der Waals surface area contributed by atoms with Gasteiger partial charge < -0.3 is 0 Å². The molecule has 2 fully saturated rings. The number of nitrogens with zero attached hydrogens (tertiary/aromatic N) is 1. The zero-order valence-electron chi connectivity index (χ0n) is 17.9. The monoisotopic (exact) mass is 359 g/mol. The van der Waals surface area contributed by atoms with Gasteiger partial charge in [0.1, 0.15) is 0 Å². The molecule has 0 atom stereocenters. The molecule has 150 valence electrons. The van der Waals surface area contributed by atoms with Crippen molar-refractivity contribution in [1.82, 2.24) is 0 Å². The van der Waals surface area contributed by atoms with Crippen LogP contribution in [0.1, 0.15) is 129 Å². The van der Waals surface area contributed by atoms with Crippen molar-refractivity contribution in [2.75, 3.05) is 0 Å². The Morgan fingerprint density at radius 1 is 0.769 bits per heavy atom. The highest BCUT2D eigenvalue weighted by atomic mass is 14.4. The Morgan fingerprint density at radius 2 is 1.38 bits per heavy atom. The van der Waals surface area contributed by atoms with E-state index in [1.807, 2.05) is 0 Å². The van der Waals surface area contributed by atoms with E-state index in [1.54, 1.807) is 0 Å².